The first kappa shape index (κ1) is 29.2. The van der Waals surface area contributed by atoms with Crippen LogP contribution in [-0.2, 0) is 14.5 Å². The van der Waals surface area contributed by atoms with Gasteiger partial charge in [-0.05, 0) is 66.7 Å². The molecule has 0 saturated heterocycles. The van der Waals surface area contributed by atoms with Gasteiger partial charge in [0, 0.05) is 45.2 Å². The highest BCUT2D eigenvalue weighted by Gasteiger charge is 2.17. The molecule has 1 atom stereocenters. The molecule has 3 amide bonds. The number of rotatable bonds is 8. The number of aromatic nitrogens is 2. The fourth-order valence-electron chi connectivity index (χ4n) is 3.35. The molecule has 4 rings (SSSR count). The van der Waals surface area contributed by atoms with Crippen molar-refractivity contribution in [3.05, 3.63) is 106 Å². The summed E-state index contributed by atoms with van der Waals surface area (Å²) in [5.74, 6) is -1.27. The van der Waals surface area contributed by atoms with Crippen LogP contribution in [0.5, 0.6) is 0 Å². The molecule has 0 saturated carbocycles. The summed E-state index contributed by atoms with van der Waals surface area (Å²) >= 11 is 13.2. The molecule has 2 aromatic carbocycles. The number of carbonyl (C=O) groups is 3. The lowest BCUT2D eigenvalue weighted by Crippen LogP contribution is -2.18. The van der Waals surface area contributed by atoms with Gasteiger partial charge in [-0.3, -0.25) is 19.4 Å². The lowest BCUT2D eigenvalue weighted by Gasteiger charge is -2.12. The van der Waals surface area contributed by atoms with E-state index in [1.807, 2.05) is 0 Å². The zero-order valence-corrected chi connectivity index (χ0v) is 24.0. The van der Waals surface area contributed by atoms with Crippen molar-refractivity contribution in [2.24, 2.45) is 4.36 Å². The van der Waals surface area contributed by atoms with E-state index in [1.54, 1.807) is 30.6 Å². The van der Waals surface area contributed by atoms with E-state index in [-0.39, 0.29) is 28.4 Å². The molecule has 13 heteroatoms. The van der Waals surface area contributed by atoms with E-state index in [2.05, 4.69) is 25.0 Å². The third kappa shape index (κ3) is 7.89. The van der Waals surface area contributed by atoms with Gasteiger partial charge in [0.15, 0.2) is 0 Å². The van der Waals surface area contributed by atoms with Crippen molar-refractivity contribution in [1.29, 1.82) is 0 Å². The second-order valence-corrected chi connectivity index (χ2v) is 12.4. The van der Waals surface area contributed by atoms with E-state index < -0.39 is 27.5 Å². The quantitative estimate of drug-likeness (QED) is 0.231. The molecular formula is C27H21Cl2N5O4S2. The molecule has 0 bridgehead atoms. The summed E-state index contributed by atoms with van der Waals surface area (Å²) < 4.78 is 17.0. The zero-order valence-electron chi connectivity index (χ0n) is 20.8. The molecule has 1 unspecified atom stereocenters. The second kappa shape index (κ2) is 13.1. The van der Waals surface area contributed by atoms with Gasteiger partial charge in [0.05, 0.1) is 31.8 Å². The summed E-state index contributed by atoms with van der Waals surface area (Å²) in [7, 11) is -3.03. The molecule has 204 valence electrons. The minimum absolute atomic E-state index is 0.0282. The Kier molecular flexibility index (Phi) is 9.54. The van der Waals surface area contributed by atoms with E-state index in [9.17, 15) is 18.6 Å². The molecule has 9 nitrogen and oxygen atoms in total. The largest absolute Gasteiger partial charge is 0.321 e. The second-order valence-electron chi connectivity index (χ2n) is 8.24. The van der Waals surface area contributed by atoms with Crippen LogP contribution in [0.4, 0.5) is 11.5 Å². The van der Waals surface area contributed by atoms with Crippen LogP contribution < -0.4 is 10.6 Å². The summed E-state index contributed by atoms with van der Waals surface area (Å²) in [4.78, 5) is 47.3. The van der Waals surface area contributed by atoms with Gasteiger partial charge in [0.1, 0.15) is 5.82 Å². The van der Waals surface area contributed by atoms with Gasteiger partial charge in [-0.1, -0.05) is 23.2 Å². The maximum absolute atomic E-state index is 13.1. The summed E-state index contributed by atoms with van der Waals surface area (Å²) in [5, 5.41) is 6.04. The number of thioether (sulfide) groups is 1. The predicted octanol–water partition coefficient (Wildman–Crippen LogP) is 6.06. The number of benzene rings is 2. The summed E-state index contributed by atoms with van der Waals surface area (Å²) in [5.41, 5.74) is 0.573. The Morgan fingerprint density at radius 3 is 2.27 bits per heavy atom. The van der Waals surface area contributed by atoms with Gasteiger partial charge >= 0.3 is 0 Å². The number of nitrogens with zero attached hydrogens (tertiary/aromatic N) is 3. The number of halogens is 2. The lowest BCUT2D eigenvalue weighted by molar-refractivity contribution is -0.115. The third-order valence-electron chi connectivity index (χ3n) is 5.29. The van der Waals surface area contributed by atoms with Crippen LogP contribution in [0.2, 0.25) is 10.0 Å². The molecule has 0 fully saturated rings. The number of amides is 3. The van der Waals surface area contributed by atoms with Crippen molar-refractivity contribution in [2.75, 3.05) is 22.6 Å². The molecule has 0 aliphatic rings. The highest BCUT2D eigenvalue weighted by molar-refractivity contribution is 8.00. The van der Waals surface area contributed by atoms with Gasteiger partial charge in [0.25, 0.3) is 17.7 Å². The average Bonchev–Trinajstić information content (AvgIpc) is 2.94. The van der Waals surface area contributed by atoms with Gasteiger partial charge < -0.3 is 10.6 Å². The first-order valence-corrected chi connectivity index (χ1v) is 15.2. The number of carbonyl (C=O) groups excluding carboxylic acids is 3. The summed E-state index contributed by atoms with van der Waals surface area (Å²) in [6.45, 7) is 0. The maximum atomic E-state index is 13.1. The van der Waals surface area contributed by atoms with E-state index in [0.29, 0.717) is 14.9 Å². The molecule has 0 spiro atoms. The number of nitrogens with one attached hydrogen (secondary N) is 2. The third-order valence-corrected chi connectivity index (χ3v) is 8.44. The van der Waals surface area contributed by atoms with Crippen LogP contribution in [0.3, 0.4) is 0 Å². The first-order valence-electron chi connectivity index (χ1n) is 11.5. The van der Waals surface area contributed by atoms with Crippen LogP contribution in [0.25, 0.3) is 0 Å². The number of hydrogen-bond acceptors (Lipinski definition) is 7. The highest BCUT2D eigenvalue weighted by atomic mass is 35.5. The summed E-state index contributed by atoms with van der Waals surface area (Å²) in [6.07, 6.45) is 5.99. The standard InChI is InChI=1S/C27H21Cl2N5O4S2/c1-40(38,34-25(35)16-39-20-10-12-30-13-11-20)21-6-2-17(3-7-21)26(36)32-23-8-4-18(28)14-22(23)27(37)33-24-9-5-19(29)15-31-24/h2-15H,16H2,1H3,(H,32,36)(H,31,33,37). The molecular weight excluding hydrogens is 593 g/mol. The monoisotopic (exact) mass is 613 g/mol. The van der Waals surface area contributed by atoms with Gasteiger partial charge in [0.2, 0.25) is 0 Å². The number of anilines is 2. The Hall–Kier alpha value is -3.77. The molecule has 40 heavy (non-hydrogen) atoms. The zero-order chi connectivity index (χ0) is 28.7. The molecule has 4 aromatic rings. The normalized spacial score (nSPS) is 12.2. The van der Waals surface area contributed by atoms with E-state index in [4.69, 9.17) is 23.2 Å². The average molecular weight is 615 g/mol. The molecule has 0 aliphatic carbocycles. The molecule has 2 heterocycles. The lowest BCUT2D eigenvalue weighted by atomic mass is 10.1. The van der Waals surface area contributed by atoms with Crippen molar-refractivity contribution in [2.45, 2.75) is 9.79 Å². The van der Waals surface area contributed by atoms with Crippen molar-refractivity contribution in [3.63, 3.8) is 0 Å². The first-order chi connectivity index (χ1) is 19.1. The Bertz CT molecular complexity index is 1680. The Morgan fingerprint density at radius 1 is 0.900 bits per heavy atom. The van der Waals surface area contributed by atoms with Crippen molar-refractivity contribution in [3.8, 4) is 0 Å². The van der Waals surface area contributed by atoms with Crippen LogP contribution in [0.15, 0.2) is 99.5 Å². The van der Waals surface area contributed by atoms with Gasteiger partial charge in [-0.2, -0.15) is 4.36 Å². The van der Waals surface area contributed by atoms with Crippen LogP contribution in [0.1, 0.15) is 20.7 Å². The fraction of sp³-hybridized carbons (Fsp3) is 0.0741. The summed E-state index contributed by atoms with van der Waals surface area (Å²) in [6, 6.07) is 17.0. The Labute approximate surface area is 244 Å². The predicted molar refractivity (Wildman–Crippen MR) is 158 cm³/mol. The van der Waals surface area contributed by atoms with Crippen molar-refractivity contribution in [1.82, 2.24) is 9.97 Å². The molecule has 2 N–H and O–H groups in total. The SMILES string of the molecule is CS(=O)(=NC(=O)CSc1ccncc1)c1ccc(C(=O)Nc2ccc(Cl)cc2C(=O)Nc2ccc(Cl)cn2)cc1. The van der Waals surface area contributed by atoms with Crippen molar-refractivity contribution >= 4 is 73.9 Å². The van der Waals surface area contributed by atoms with Crippen LogP contribution in [0, 0.1) is 0 Å². The molecule has 0 aliphatic heterocycles. The van der Waals surface area contributed by atoms with Crippen LogP contribution in [-0.4, -0.2) is 43.9 Å². The van der Waals surface area contributed by atoms with Crippen LogP contribution >= 0.6 is 35.0 Å². The topological polar surface area (TPSA) is 130 Å². The minimum atomic E-state index is -3.03. The van der Waals surface area contributed by atoms with Gasteiger partial charge in [-0.25, -0.2) is 9.19 Å². The van der Waals surface area contributed by atoms with E-state index in [1.165, 1.54) is 72.7 Å². The van der Waals surface area contributed by atoms with E-state index in [0.717, 1.165) is 4.90 Å². The number of hydrogen-bond donors (Lipinski definition) is 2. The highest BCUT2D eigenvalue weighted by Crippen LogP contribution is 2.24. The van der Waals surface area contributed by atoms with E-state index >= 15 is 0 Å². The molecule has 2 aromatic heterocycles. The fourth-order valence-corrected chi connectivity index (χ4v) is 5.59. The smallest absolute Gasteiger partial charge is 0.264 e. The minimum Gasteiger partial charge on any atom is -0.321 e. The van der Waals surface area contributed by atoms with Gasteiger partial charge in [-0.15, -0.1) is 11.8 Å². The maximum Gasteiger partial charge on any atom is 0.264 e. The Balaban J connectivity index is 1.45. The number of pyridine rings is 2. The van der Waals surface area contributed by atoms with Crippen molar-refractivity contribution < 1.29 is 18.6 Å². The Morgan fingerprint density at radius 2 is 1.60 bits per heavy atom. The molecule has 0 radical (unpaired) electrons.